The number of aromatic nitrogens is 3. The van der Waals surface area contributed by atoms with Crippen LogP contribution in [0.2, 0.25) is 5.02 Å². The molecule has 2 fully saturated rings. The van der Waals surface area contributed by atoms with Crippen LogP contribution in [0.3, 0.4) is 0 Å². The zero-order chi connectivity index (χ0) is 17.1. The van der Waals surface area contributed by atoms with E-state index < -0.39 is 0 Å². The Morgan fingerprint density at radius 3 is 2.68 bits per heavy atom. The molecule has 0 saturated carbocycles. The highest BCUT2D eigenvalue weighted by Gasteiger charge is 2.40. The number of piperidine rings is 1. The molecule has 25 heavy (non-hydrogen) atoms. The minimum atomic E-state index is -0.387. The van der Waals surface area contributed by atoms with Crippen LogP contribution in [0.5, 0.6) is 0 Å². The van der Waals surface area contributed by atoms with Crippen LogP contribution < -0.4 is 10.2 Å². The highest BCUT2D eigenvalue weighted by atomic mass is 35.5. The molecule has 0 atom stereocenters. The Hall–Kier alpha value is -1.96. The lowest BCUT2D eigenvalue weighted by Crippen LogP contribution is -2.45. The van der Waals surface area contributed by atoms with Gasteiger partial charge in [-0.15, -0.1) is 5.10 Å². The van der Waals surface area contributed by atoms with Gasteiger partial charge in [0.15, 0.2) is 11.6 Å². The first-order chi connectivity index (χ1) is 12.2. The third kappa shape index (κ3) is 3.68. The van der Waals surface area contributed by atoms with Crippen molar-refractivity contribution in [3.05, 3.63) is 41.0 Å². The van der Waals surface area contributed by atoms with Gasteiger partial charge in [-0.3, -0.25) is 0 Å². The largest absolute Gasteiger partial charge is 0.355 e. The van der Waals surface area contributed by atoms with Crippen molar-refractivity contribution >= 4 is 23.4 Å². The Kier molecular flexibility index (Phi) is 4.70. The van der Waals surface area contributed by atoms with E-state index in [0.717, 1.165) is 42.3 Å². The van der Waals surface area contributed by atoms with Crippen molar-refractivity contribution in [2.75, 3.05) is 36.5 Å². The first-order valence-corrected chi connectivity index (χ1v) is 8.82. The highest BCUT2D eigenvalue weighted by Crippen LogP contribution is 2.32. The SMILES string of the molecule is Clc1ccccc1CNc1nncc(N2CCC3(CC2)OCCO3)n1. The van der Waals surface area contributed by atoms with Crippen molar-refractivity contribution in [2.45, 2.75) is 25.2 Å². The summed E-state index contributed by atoms with van der Waals surface area (Å²) in [5.74, 6) is 0.915. The molecule has 132 valence electrons. The van der Waals surface area contributed by atoms with Crippen molar-refractivity contribution in [1.82, 2.24) is 15.2 Å². The van der Waals surface area contributed by atoms with Crippen LogP contribution in [-0.2, 0) is 16.0 Å². The van der Waals surface area contributed by atoms with Crippen molar-refractivity contribution < 1.29 is 9.47 Å². The molecule has 0 radical (unpaired) electrons. The second kappa shape index (κ2) is 7.11. The average Bonchev–Trinajstić information content (AvgIpc) is 3.10. The Morgan fingerprint density at radius 1 is 1.16 bits per heavy atom. The number of nitrogens with zero attached hydrogens (tertiary/aromatic N) is 4. The molecule has 2 aliphatic rings. The summed E-state index contributed by atoms with van der Waals surface area (Å²) in [7, 11) is 0. The van der Waals surface area contributed by atoms with Gasteiger partial charge in [-0.1, -0.05) is 29.8 Å². The van der Waals surface area contributed by atoms with Gasteiger partial charge in [0.25, 0.3) is 0 Å². The number of hydrogen-bond acceptors (Lipinski definition) is 7. The highest BCUT2D eigenvalue weighted by molar-refractivity contribution is 6.31. The summed E-state index contributed by atoms with van der Waals surface area (Å²) in [4.78, 5) is 6.76. The Labute approximate surface area is 151 Å². The molecular formula is C17H20ClN5O2. The smallest absolute Gasteiger partial charge is 0.244 e. The second-order valence-electron chi connectivity index (χ2n) is 6.18. The number of nitrogens with one attached hydrogen (secondary N) is 1. The normalized spacial score (nSPS) is 19.3. The first kappa shape index (κ1) is 16.5. The molecule has 2 saturated heterocycles. The fourth-order valence-corrected chi connectivity index (χ4v) is 3.40. The molecule has 1 aromatic heterocycles. The Bertz CT molecular complexity index is 728. The molecule has 8 heteroatoms. The minimum absolute atomic E-state index is 0.387. The van der Waals surface area contributed by atoms with E-state index in [0.29, 0.717) is 25.7 Å². The molecule has 0 bridgehead atoms. The third-order valence-corrected chi connectivity index (χ3v) is 4.97. The summed E-state index contributed by atoms with van der Waals surface area (Å²) < 4.78 is 11.5. The summed E-state index contributed by atoms with van der Waals surface area (Å²) in [5, 5.41) is 12.0. The van der Waals surface area contributed by atoms with Crippen LogP contribution in [0.25, 0.3) is 0 Å². The lowest BCUT2D eigenvalue weighted by atomic mass is 10.0. The number of ether oxygens (including phenoxy) is 2. The fourth-order valence-electron chi connectivity index (χ4n) is 3.20. The second-order valence-corrected chi connectivity index (χ2v) is 6.58. The van der Waals surface area contributed by atoms with Crippen LogP contribution in [0.1, 0.15) is 18.4 Å². The van der Waals surface area contributed by atoms with E-state index in [1.165, 1.54) is 0 Å². The molecule has 1 aromatic carbocycles. The van der Waals surface area contributed by atoms with Gasteiger partial charge in [-0.2, -0.15) is 10.1 Å². The van der Waals surface area contributed by atoms with E-state index in [1.54, 1.807) is 6.20 Å². The van der Waals surface area contributed by atoms with Gasteiger partial charge in [0.2, 0.25) is 5.95 Å². The summed E-state index contributed by atoms with van der Waals surface area (Å²) in [5.41, 5.74) is 0.994. The first-order valence-electron chi connectivity index (χ1n) is 8.44. The molecule has 0 aliphatic carbocycles. The summed E-state index contributed by atoms with van der Waals surface area (Å²) >= 11 is 6.17. The standard InChI is InChI=1S/C17H20ClN5O2/c18-14-4-2-1-3-13(14)11-19-16-21-15(12-20-22-16)23-7-5-17(6-8-23)24-9-10-25-17/h1-4,12H,5-11H2,(H,19,21,22). The van der Waals surface area contributed by atoms with Crippen molar-refractivity contribution in [1.29, 1.82) is 0 Å². The topological polar surface area (TPSA) is 72.4 Å². The Morgan fingerprint density at radius 2 is 1.92 bits per heavy atom. The predicted octanol–water partition coefficient (Wildman–Crippen LogP) is 2.48. The van der Waals surface area contributed by atoms with Gasteiger partial charge in [-0.25, -0.2) is 0 Å². The van der Waals surface area contributed by atoms with E-state index in [-0.39, 0.29) is 5.79 Å². The molecule has 3 heterocycles. The maximum Gasteiger partial charge on any atom is 0.244 e. The number of halogens is 1. The summed E-state index contributed by atoms with van der Waals surface area (Å²) in [6, 6.07) is 7.70. The third-order valence-electron chi connectivity index (χ3n) is 4.60. The number of hydrogen-bond donors (Lipinski definition) is 1. The molecule has 7 nitrogen and oxygen atoms in total. The van der Waals surface area contributed by atoms with E-state index in [9.17, 15) is 0 Å². The van der Waals surface area contributed by atoms with Crippen molar-refractivity contribution in [2.24, 2.45) is 0 Å². The lowest BCUT2D eigenvalue weighted by Gasteiger charge is -2.37. The van der Waals surface area contributed by atoms with E-state index in [2.05, 4.69) is 25.4 Å². The van der Waals surface area contributed by atoms with Crippen LogP contribution in [0.15, 0.2) is 30.5 Å². The quantitative estimate of drug-likeness (QED) is 0.896. The number of anilines is 2. The zero-order valence-corrected chi connectivity index (χ0v) is 14.6. The van der Waals surface area contributed by atoms with E-state index >= 15 is 0 Å². The lowest BCUT2D eigenvalue weighted by molar-refractivity contribution is -0.169. The summed E-state index contributed by atoms with van der Waals surface area (Å²) in [6.07, 6.45) is 3.35. The van der Waals surface area contributed by atoms with Crippen molar-refractivity contribution in [3.63, 3.8) is 0 Å². The molecule has 1 N–H and O–H groups in total. The van der Waals surface area contributed by atoms with Gasteiger partial charge in [-0.05, 0) is 11.6 Å². The van der Waals surface area contributed by atoms with Crippen molar-refractivity contribution in [3.8, 4) is 0 Å². The van der Waals surface area contributed by atoms with Gasteiger partial charge in [0, 0.05) is 37.5 Å². The Balaban J connectivity index is 1.39. The average molecular weight is 362 g/mol. The zero-order valence-electron chi connectivity index (χ0n) is 13.8. The fraction of sp³-hybridized carbons (Fsp3) is 0.471. The molecule has 0 amide bonds. The van der Waals surface area contributed by atoms with E-state index in [1.807, 2.05) is 24.3 Å². The van der Waals surface area contributed by atoms with Gasteiger partial charge < -0.3 is 19.7 Å². The summed E-state index contributed by atoms with van der Waals surface area (Å²) in [6.45, 7) is 3.57. The monoisotopic (exact) mass is 361 g/mol. The minimum Gasteiger partial charge on any atom is -0.355 e. The number of benzene rings is 1. The maximum atomic E-state index is 6.17. The maximum absolute atomic E-state index is 6.17. The molecule has 2 aromatic rings. The predicted molar refractivity (Wildman–Crippen MR) is 94.7 cm³/mol. The van der Waals surface area contributed by atoms with Crippen LogP contribution in [0, 0.1) is 0 Å². The van der Waals surface area contributed by atoms with Gasteiger partial charge in [0.05, 0.1) is 19.4 Å². The van der Waals surface area contributed by atoms with Crippen LogP contribution in [-0.4, -0.2) is 47.3 Å². The van der Waals surface area contributed by atoms with Crippen LogP contribution >= 0.6 is 11.6 Å². The molecule has 2 aliphatic heterocycles. The van der Waals surface area contributed by atoms with Gasteiger partial charge in [0.1, 0.15) is 0 Å². The van der Waals surface area contributed by atoms with E-state index in [4.69, 9.17) is 21.1 Å². The molecule has 4 rings (SSSR count). The van der Waals surface area contributed by atoms with Crippen LogP contribution in [0.4, 0.5) is 11.8 Å². The molecule has 1 spiro atoms. The molecule has 0 unspecified atom stereocenters. The van der Waals surface area contributed by atoms with Gasteiger partial charge >= 0.3 is 0 Å². The number of rotatable bonds is 4. The molecular weight excluding hydrogens is 342 g/mol.